The van der Waals surface area contributed by atoms with Crippen LogP contribution >= 0.6 is 11.6 Å². The van der Waals surface area contributed by atoms with Crippen molar-refractivity contribution in [1.29, 1.82) is 0 Å². The third-order valence-electron chi connectivity index (χ3n) is 4.86. The Hall–Kier alpha value is -2.11. The van der Waals surface area contributed by atoms with Gasteiger partial charge in [0, 0.05) is 23.9 Å². The predicted octanol–water partition coefficient (Wildman–Crippen LogP) is 3.66. The minimum absolute atomic E-state index is 0.0181. The lowest BCUT2D eigenvalue weighted by atomic mass is 9.97. The number of amides is 1. The van der Waals surface area contributed by atoms with Gasteiger partial charge in [0.2, 0.25) is 0 Å². The van der Waals surface area contributed by atoms with Gasteiger partial charge in [-0.3, -0.25) is 4.79 Å². The van der Waals surface area contributed by atoms with Gasteiger partial charge in [-0.1, -0.05) is 35.9 Å². The molecule has 1 fully saturated rings. The van der Waals surface area contributed by atoms with E-state index in [1.807, 2.05) is 29.2 Å². The van der Waals surface area contributed by atoms with E-state index >= 15 is 0 Å². The quantitative estimate of drug-likeness (QED) is 0.804. The predicted molar refractivity (Wildman–Crippen MR) is 103 cm³/mol. The van der Waals surface area contributed by atoms with Crippen LogP contribution in [-0.4, -0.2) is 38.1 Å². The van der Waals surface area contributed by atoms with Gasteiger partial charge >= 0.3 is 0 Å². The van der Waals surface area contributed by atoms with Crippen LogP contribution in [0.2, 0.25) is 5.02 Å². The first kappa shape index (κ1) is 17.3. The topological polar surface area (TPSA) is 54.5 Å². The van der Waals surface area contributed by atoms with Gasteiger partial charge < -0.3 is 4.90 Å². The van der Waals surface area contributed by atoms with Gasteiger partial charge in [-0.05, 0) is 53.8 Å². The molecule has 1 aliphatic heterocycles. The maximum Gasteiger partial charge on any atom is 0.255 e. The number of hydrogen-bond donors (Lipinski definition) is 0. The molecular weight excluding hydrogens is 370 g/mol. The highest BCUT2D eigenvalue weighted by Gasteiger charge is 2.40. The van der Waals surface area contributed by atoms with Crippen LogP contribution in [0.4, 0.5) is 0 Å². The number of carbonyl (C=O) groups excluding carboxylic acids is 1. The van der Waals surface area contributed by atoms with Crippen molar-refractivity contribution in [3.05, 3.63) is 64.7 Å². The molecule has 4 nitrogen and oxygen atoms in total. The lowest BCUT2D eigenvalue weighted by Crippen LogP contribution is -2.29. The highest BCUT2D eigenvalue weighted by Crippen LogP contribution is 2.40. The highest BCUT2D eigenvalue weighted by atomic mass is 35.5. The van der Waals surface area contributed by atoms with Crippen LogP contribution in [0.5, 0.6) is 0 Å². The van der Waals surface area contributed by atoms with Crippen LogP contribution in [0, 0.1) is 0 Å². The van der Waals surface area contributed by atoms with E-state index in [1.165, 1.54) is 6.26 Å². The lowest BCUT2D eigenvalue weighted by Gasteiger charge is -2.15. The van der Waals surface area contributed by atoms with Crippen LogP contribution < -0.4 is 0 Å². The first-order valence-corrected chi connectivity index (χ1v) is 10.7. The van der Waals surface area contributed by atoms with Crippen LogP contribution in [-0.2, 0) is 14.6 Å². The zero-order valence-electron chi connectivity index (χ0n) is 14.3. The van der Waals surface area contributed by atoms with Gasteiger partial charge in [-0.25, -0.2) is 8.42 Å². The summed E-state index contributed by atoms with van der Waals surface area (Å²) in [6.45, 7) is 0.578. The van der Waals surface area contributed by atoms with Crippen LogP contribution in [0.3, 0.4) is 0 Å². The number of hydrogen-bond acceptors (Lipinski definition) is 3. The molecule has 0 spiro atoms. The molecule has 26 heavy (non-hydrogen) atoms. The third-order valence-corrected chi connectivity index (χ3v) is 6.24. The van der Waals surface area contributed by atoms with Gasteiger partial charge in [-0.2, -0.15) is 0 Å². The smallest absolute Gasteiger partial charge is 0.255 e. The zero-order chi connectivity index (χ0) is 18.5. The molecule has 134 valence electrons. The second-order valence-electron chi connectivity index (χ2n) is 6.82. The molecule has 1 aliphatic carbocycles. The lowest BCUT2D eigenvalue weighted by molar-refractivity contribution is -0.124. The zero-order valence-corrected chi connectivity index (χ0v) is 15.8. The number of rotatable bonds is 4. The molecule has 2 aromatic rings. The fourth-order valence-electron chi connectivity index (χ4n) is 3.33. The van der Waals surface area contributed by atoms with E-state index in [9.17, 15) is 13.2 Å². The van der Waals surface area contributed by atoms with Gasteiger partial charge in [0.15, 0.2) is 9.84 Å². The summed E-state index contributed by atoms with van der Waals surface area (Å²) in [7, 11) is -3.27. The third kappa shape index (κ3) is 3.17. The molecule has 2 aliphatic rings. The second-order valence-corrected chi connectivity index (χ2v) is 9.27. The number of benzene rings is 2. The Labute approximate surface area is 158 Å². The second kappa shape index (κ2) is 6.25. The van der Waals surface area contributed by atoms with Crippen LogP contribution in [0.25, 0.3) is 11.1 Å². The molecule has 0 saturated heterocycles. The molecule has 0 atom stereocenters. The van der Waals surface area contributed by atoms with E-state index < -0.39 is 9.84 Å². The summed E-state index contributed by atoms with van der Waals surface area (Å²) in [4.78, 5) is 15.2. The van der Waals surface area contributed by atoms with Crippen molar-refractivity contribution in [1.82, 2.24) is 4.90 Å². The number of carbonyl (C=O) groups is 1. The molecule has 0 unspecified atom stereocenters. The van der Waals surface area contributed by atoms with E-state index in [-0.39, 0.29) is 10.8 Å². The molecule has 0 N–H and O–H groups in total. The van der Waals surface area contributed by atoms with E-state index in [0.717, 1.165) is 29.5 Å². The minimum atomic E-state index is -3.27. The fourth-order valence-corrected chi connectivity index (χ4v) is 4.08. The molecule has 4 rings (SSSR count). The Morgan fingerprint density at radius 2 is 1.54 bits per heavy atom. The van der Waals surface area contributed by atoms with E-state index in [4.69, 9.17) is 11.6 Å². The van der Waals surface area contributed by atoms with Crippen molar-refractivity contribution >= 4 is 38.5 Å². The number of nitrogens with zero attached hydrogens (tertiary/aromatic N) is 1. The van der Waals surface area contributed by atoms with E-state index in [2.05, 4.69) is 0 Å². The first-order valence-electron chi connectivity index (χ1n) is 8.45. The van der Waals surface area contributed by atoms with Gasteiger partial charge in [0.05, 0.1) is 10.5 Å². The van der Waals surface area contributed by atoms with E-state index in [1.54, 1.807) is 24.3 Å². The molecule has 0 radical (unpaired) electrons. The molecule has 1 amide bonds. The largest absolute Gasteiger partial charge is 0.331 e. The Morgan fingerprint density at radius 3 is 2.08 bits per heavy atom. The van der Waals surface area contributed by atoms with Gasteiger partial charge in [0.1, 0.15) is 0 Å². The molecule has 0 bridgehead atoms. The maximum absolute atomic E-state index is 13.0. The molecule has 0 aromatic heterocycles. The molecule has 1 saturated carbocycles. The van der Waals surface area contributed by atoms with Gasteiger partial charge in [-0.15, -0.1) is 0 Å². The average Bonchev–Trinajstić information content (AvgIpc) is 3.38. The van der Waals surface area contributed by atoms with E-state index in [0.29, 0.717) is 23.2 Å². The highest BCUT2D eigenvalue weighted by molar-refractivity contribution is 7.90. The summed E-state index contributed by atoms with van der Waals surface area (Å²) in [5.74, 6) is 0.0181. The average molecular weight is 388 g/mol. The minimum Gasteiger partial charge on any atom is -0.331 e. The normalized spacial score (nSPS) is 17.9. The first-order chi connectivity index (χ1) is 12.3. The van der Waals surface area contributed by atoms with Crippen molar-refractivity contribution < 1.29 is 13.2 Å². The summed E-state index contributed by atoms with van der Waals surface area (Å²) in [6, 6.07) is 14.4. The standard InChI is InChI=1S/C20H18ClNO3S/c1-26(24,25)17-10-4-14(5-11-17)19-18(13-2-6-15(21)7-3-13)12-22(20(19)23)16-8-9-16/h2-7,10-11,16H,8-9,12H2,1H3. The summed E-state index contributed by atoms with van der Waals surface area (Å²) >= 11 is 6.00. The summed E-state index contributed by atoms with van der Waals surface area (Å²) in [5, 5.41) is 0.650. The SMILES string of the molecule is CS(=O)(=O)c1ccc(C2=C(c3ccc(Cl)cc3)CN(C3CC3)C2=O)cc1. The van der Waals surface area contributed by atoms with Crippen molar-refractivity contribution in [2.75, 3.05) is 12.8 Å². The Morgan fingerprint density at radius 1 is 0.962 bits per heavy atom. The monoisotopic (exact) mass is 387 g/mol. The molecular formula is C20H18ClNO3S. The molecule has 2 aromatic carbocycles. The Balaban J connectivity index is 1.80. The number of sulfone groups is 1. The molecule has 6 heteroatoms. The summed E-state index contributed by atoms with van der Waals surface area (Å²) < 4.78 is 23.4. The maximum atomic E-state index is 13.0. The number of halogens is 1. The molecule has 1 heterocycles. The fraction of sp³-hybridized carbons (Fsp3) is 0.250. The summed E-state index contributed by atoms with van der Waals surface area (Å²) in [6.07, 6.45) is 3.26. The summed E-state index contributed by atoms with van der Waals surface area (Å²) in [5.41, 5.74) is 3.33. The van der Waals surface area contributed by atoms with Crippen molar-refractivity contribution in [3.63, 3.8) is 0 Å². The van der Waals surface area contributed by atoms with Crippen LogP contribution in [0.1, 0.15) is 24.0 Å². The Bertz CT molecular complexity index is 1000. The van der Waals surface area contributed by atoms with Crippen molar-refractivity contribution in [3.8, 4) is 0 Å². The van der Waals surface area contributed by atoms with Crippen molar-refractivity contribution in [2.24, 2.45) is 0 Å². The van der Waals surface area contributed by atoms with Crippen molar-refractivity contribution in [2.45, 2.75) is 23.8 Å². The van der Waals surface area contributed by atoms with Gasteiger partial charge in [0.25, 0.3) is 5.91 Å². The Kier molecular flexibility index (Phi) is 4.16. The van der Waals surface area contributed by atoms with Crippen LogP contribution in [0.15, 0.2) is 53.4 Å².